The molecule has 0 fully saturated rings. The van der Waals surface area contributed by atoms with Gasteiger partial charge < -0.3 is 19.7 Å². The molecule has 2 aromatic rings. The number of sulfonamides is 1. The highest BCUT2D eigenvalue weighted by molar-refractivity contribution is 7.92. The quantitative estimate of drug-likeness (QED) is 0.572. The van der Waals surface area contributed by atoms with Crippen molar-refractivity contribution in [2.45, 2.75) is 25.9 Å². The lowest BCUT2D eigenvalue weighted by Gasteiger charge is -2.32. The third-order valence-electron chi connectivity index (χ3n) is 5.39. The number of nitrogens with zero attached hydrogens (tertiary/aromatic N) is 2. The molecule has 0 bridgehead atoms. The first-order chi connectivity index (χ1) is 16.1. The minimum atomic E-state index is -3.87. The van der Waals surface area contributed by atoms with Gasteiger partial charge in [0.15, 0.2) is 11.5 Å². The maximum absolute atomic E-state index is 13.5. The summed E-state index contributed by atoms with van der Waals surface area (Å²) >= 11 is 0. The summed E-state index contributed by atoms with van der Waals surface area (Å²) in [4.78, 5) is 27.3. The number of nitrogens with one attached hydrogen (secondary N) is 1. The molecule has 3 rings (SSSR count). The van der Waals surface area contributed by atoms with Gasteiger partial charge in [0.2, 0.25) is 21.8 Å². The van der Waals surface area contributed by atoms with E-state index >= 15 is 0 Å². The number of rotatable bonds is 9. The Bertz CT molecular complexity index is 1140. The van der Waals surface area contributed by atoms with Crippen molar-refractivity contribution >= 4 is 27.5 Å². The van der Waals surface area contributed by atoms with E-state index in [1.165, 1.54) is 48.3 Å². The second-order valence-corrected chi connectivity index (χ2v) is 9.69. The molecule has 0 saturated heterocycles. The second-order valence-electron chi connectivity index (χ2n) is 7.78. The lowest BCUT2D eigenvalue weighted by molar-refractivity contribution is -0.140. The first-order valence-corrected chi connectivity index (χ1v) is 12.6. The number of hydrogen-bond acceptors (Lipinski definition) is 6. The number of fused-ring (bicyclic) bond motifs is 1. The van der Waals surface area contributed by atoms with E-state index in [2.05, 4.69) is 5.32 Å². The van der Waals surface area contributed by atoms with Crippen LogP contribution in [-0.2, 0) is 26.2 Å². The lowest BCUT2D eigenvalue weighted by atomic mass is 10.1. The third-order valence-corrected chi connectivity index (χ3v) is 6.53. The van der Waals surface area contributed by atoms with Gasteiger partial charge in [-0.25, -0.2) is 12.8 Å². The van der Waals surface area contributed by atoms with Gasteiger partial charge in [0, 0.05) is 19.7 Å². The predicted octanol–water partition coefficient (Wildman–Crippen LogP) is 1.92. The van der Waals surface area contributed by atoms with Crippen LogP contribution in [0.2, 0.25) is 0 Å². The fourth-order valence-corrected chi connectivity index (χ4v) is 4.51. The summed E-state index contributed by atoms with van der Waals surface area (Å²) in [6.07, 6.45) is 1.30. The average molecular weight is 494 g/mol. The van der Waals surface area contributed by atoms with E-state index < -0.39 is 34.3 Å². The Labute approximate surface area is 198 Å². The van der Waals surface area contributed by atoms with Crippen molar-refractivity contribution in [3.8, 4) is 11.5 Å². The van der Waals surface area contributed by atoms with Gasteiger partial charge in [-0.1, -0.05) is 19.1 Å². The number of halogens is 1. The standard InChI is InChI=1S/C23H28FN3O6S/c1-4-19(23(29)25-2)26(14-16-5-7-17(24)8-6-16)22(28)15-27(34(3,30)31)18-9-10-20-21(13-18)33-12-11-32-20/h5-10,13,19H,4,11-12,14-15H2,1-3H3,(H,25,29). The number of hydrogen-bond donors (Lipinski definition) is 1. The summed E-state index contributed by atoms with van der Waals surface area (Å²) in [5.41, 5.74) is 0.831. The van der Waals surface area contributed by atoms with Crippen LogP contribution in [0, 0.1) is 5.82 Å². The Morgan fingerprint density at radius 3 is 2.32 bits per heavy atom. The van der Waals surface area contributed by atoms with E-state index in [1.807, 2.05) is 0 Å². The summed E-state index contributed by atoms with van der Waals surface area (Å²) in [5.74, 6) is -0.534. The Balaban J connectivity index is 1.94. The van der Waals surface area contributed by atoms with Crippen molar-refractivity contribution in [1.82, 2.24) is 10.2 Å². The number of anilines is 1. The van der Waals surface area contributed by atoms with E-state index in [-0.39, 0.29) is 18.1 Å². The summed E-state index contributed by atoms with van der Waals surface area (Å²) in [7, 11) is -2.41. The van der Waals surface area contributed by atoms with Crippen molar-refractivity contribution in [2.24, 2.45) is 0 Å². The number of carbonyl (C=O) groups is 2. The number of likely N-dealkylation sites (N-methyl/N-ethyl adjacent to an activating group) is 1. The van der Waals surface area contributed by atoms with E-state index in [1.54, 1.807) is 13.0 Å². The lowest BCUT2D eigenvalue weighted by Crippen LogP contribution is -2.51. The topological polar surface area (TPSA) is 105 Å². The van der Waals surface area contributed by atoms with Crippen molar-refractivity contribution in [3.63, 3.8) is 0 Å². The maximum Gasteiger partial charge on any atom is 0.244 e. The number of amides is 2. The zero-order valence-electron chi connectivity index (χ0n) is 19.3. The number of ether oxygens (including phenoxy) is 2. The number of benzene rings is 2. The zero-order valence-corrected chi connectivity index (χ0v) is 20.1. The van der Waals surface area contributed by atoms with Crippen molar-refractivity contribution in [2.75, 3.05) is 37.4 Å². The van der Waals surface area contributed by atoms with Gasteiger partial charge in [-0.05, 0) is 36.2 Å². The zero-order chi connectivity index (χ0) is 24.9. The molecule has 1 N–H and O–H groups in total. The molecule has 1 aliphatic heterocycles. The largest absolute Gasteiger partial charge is 0.486 e. The van der Waals surface area contributed by atoms with Crippen LogP contribution in [0.3, 0.4) is 0 Å². The van der Waals surface area contributed by atoms with E-state index in [4.69, 9.17) is 9.47 Å². The molecule has 9 nitrogen and oxygen atoms in total. The molecule has 0 radical (unpaired) electrons. The van der Waals surface area contributed by atoms with Gasteiger partial charge in [0.25, 0.3) is 0 Å². The predicted molar refractivity (Wildman–Crippen MR) is 125 cm³/mol. The van der Waals surface area contributed by atoms with Gasteiger partial charge in [-0.15, -0.1) is 0 Å². The molecule has 1 unspecified atom stereocenters. The number of carbonyl (C=O) groups excluding carboxylic acids is 2. The van der Waals surface area contributed by atoms with Crippen LogP contribution in [-0.4, -0.2) is 64.2 Å². The van der Waals surface area contributed by atoms with Crippen LogP contribution < -0.4 is 19.1 Å². The molecule has 2 aromatic carbocycles. The molecule has 1 heterocycles. The molecular weight excluding hydrogens is 465 g/mol. The van der Waals surface area contributed by atoms with Gasteiger partial charge in [0.1, 0.15) is 31.6 Å². The third kappa shape index (κ3) is 5.96. The first-order valence-electron chi connectivity index (χ1n) is 10.8. The Kier molecular flexibility index (Phi) is 7.98. The Hall–Kier alpha value is -3.34. The van der Waals surface area contributed by atoms with E-state index in [0.717, 1.165) is 10.6 Å². The molecule has 1 atom stereocenters. The smallest absolute Gasteiger partial charge is 0.244 e. The van der Waals surface area contributed by atoms with Gasteiger partial charge in [-0.3, -0.25) is 13.9 Å². The molecule has 1 aliphatic rings. The molecule has 0 aliphatic carbocycles. The summed E-state index contributed by atoms with van der Waals surface area (Å²) in [5, 5.41) is 2.54. The second kappa shape index (κ2) is 10.7. The fraction of sp³-hybridized carbons (Fsp3) is 0.391. The van der Waals surface area contributed by atoms with E-state index in [0.29, 0.717) is 36.7 Å². The molecule has 11 heteroatoms. The molecule has 2 amide bonds. The van der Waals surface area contributed by atoms with Gasteiger partial charge in [0.05, 0.1) is 11.9 Å². The molecule has 184 valence electrons. The normalized spacial score (nSPS) is 13.6. The van der Waals surface area contributed by atoms with Crippen LogP contribution >= 0.6 is 0 Å². The van der Waals surface area contributed by atoms with Crippen LogP contribution in [0.15, 0.2) is 42.5 Å². The minimum absolute atomic E-state index is 0.00375. The molecule has 0 saturated carbocycles. The first kappa shape index (κ1) is 25.3. The van der Waals surface area contributed by atoms with Gasteiger partial charge in [-0.2, -0.15) is 0 Å². The van der Waals surface area contributed by atoms with Crippen molar-refractivity contribution in [1.29, 1.82) is 0 Å². The maximum atomic E-state index is 13.5. The highest BCUT2D eigenvalue weighted by atomic mass is 32.2. The Morgan fingerprint density at radius 1 is 1.09 bits per heavy atom. The van der Waals surface area contributed by atoms with Crippen LogP contribution in [0.1, 0.15) is 18.9 Å². The van der Waals surface area contributed by atoms with Gasteiger partial charge >= 0.3 is 0 Å². The van der Waals surface area contributed by atoms with Crippen molar-refractivity contribution in [3.05, 3.63) is 53.8 Å². The van der Waals surface area contributed by atoms with E-state index in [9.17, 15) is 22.4 Å². The van der Waals surface area contributed by atoms with Crippen LogP contribution in [0.5, 0.6) is 11.5 Å². The summed E-state index contributed by atoms with van der Waals surface area (Å²) < 4.78 is 50.6. The minimum Gasteiger partial charge on any atom is -0.486 e. The average Bonchev–Trinajstić information content (AvgIpc) is 2.82. The van der Waals surface area contributed by atoms with Crippen LogP contribution in [0.4, 0.5) is 10.1 Å². The summed E-state index contributed by atoms with van der Waals surface area (Å²) in [6.45, 7) is 1.93. The van der Waals surface area contributed by atoms with Crippen molar-refractivity contribution < 1.29 is 31.9 Å². The molecule has 34 heavy (non-hydrogen) atoms. The highest BCUT2D eigenvalue weighted by Gasteiger charge is 2.31. The fourth-order valence-electron chi connectivity index (χ4n) is 3.67. The molecule has 0 spiro atoms. The monoisotopic (exact) mass is 493 g/mol. The SMILES string of the molecule is CCC(C(=O)NC)N(Cc1ccc(F)cc1)C(=O)CN(c1ccc2c(c1)OCCO2)S(C)(=O)=O. The summed E-state index contributed by atoms with van der Waals surface area (Å²) in [6, 6.07) is 9.33. The molecular formula is C23H28FN3O6S. The highest BCUT2D eigenvalue weighted by Crippen LogP contribution is 2.34. The molecule has 0 aromatic heterocycles. The Morgan fingerprint density at radius 2 is 1.74 bits per heavy atom. The van der Waals surface area contributed by atoms with Crippen LogP contribution in [0.25, 0.3) is 0 Å².